The number of aryl methyl sites for hydroxylation is 2. The molecule has 2 heterocycles. The summed E-state index contributed by atoms with van der Waals surface area (Å²) in [5, 5.41) is 7.54. The van der Waals surface area contributed by atoms with Crippen molar-refractivity contribution < 1.29 is 9.59 Å². The monoisotopic (exact) mass is 387 g/mol. The van der Waals surface area contributed by atoms with Crippen LogP contribution in [-0.2, 0) is 0 Å². The fourth-order valence-electron chi connectivity index (χ4n) is 3.19. The number of nitrogens with zero attached hydrogens (tertiary/aromatic N) is 2. The van der Waals surface area contributed by atoms with E-state index in [9.17, 15) is 14.4 Å². The summed E-state index contributed by atoms with van der Waals surface area (Å²) in [4.78, 5) is 41.6. The van der Waals surface area contributed by atoms with Crippen molar-refractivity contribution in [1.29, 1.82) is 0 Å². The summed E-state index contributed by atoms with van der Waals surface area (Å²) in [5.41, 5.74) is 7.17. The van der Waals surface area contributed by atoms with Crippen molar-refractivity contribution in [2.75, 3.05) is 0 Å². The Morgan fingerprint density at radius 1 is 0.897 bits per heavy atom. The summed E-state index contributed by atoms with van der Waals surface area (Å²) in [6.45, 7) is 3.72. The first kappa shape index (κ1) is 18.3. The van der Waals surface area contributed by atoms with Crippen LogP contribution in [0.25, 0.3) is 21.7 Å². The number of carbonyl (C=O) groups is 2. The minimum Gasteiger partial charge on any atom is -0.267 e. The van der Waals surface area contributed by atoms with Crippen LogP contribution < -0.4 is 16.4 Å². The number of hydrogen-bond donors (Lipinski definition) is 3. The van der Waals surface area contributed by atoms with Gasteiger partial charge in [-0.05, 0) is 38.1 Å². The summed E-state index contributed by atoms with van der Waals surface area (Å²) in [6.07, 6.45) is 0. The fourth-order valence-corrected chi connectivity index (χ4v) is 3.19. The van der Waals surface area contributed by atoms with Crippen LogP contribution in [-0.4, -0.2) is 27.0 Å². The molecular formula is C21H17N5O3. The number of pyridine rings is 1. The second-order valence-corrected chi connectivity index (χ2v) is 6.69. The Labute approximate surface area is 164 Å². The Morgan fingerprint density at radius 2 is 1.62 bits per heavy atom. The number of benzene rings is 2. The first-order valence-corrected chi connectivity index (χ1v) is 8.90. The summed E-state index contributed by atoms with van der Waals surface area (Å²) in [7, 11) is 0. The van der Waals surface area contributed by atoms with Gasteiger partial charge in [0.2, 0.25) is 0 Å². The third-order valence-electron chi connectivity index (χ3n) is 4.54. The molecule has 0 aliphatic rings. The largest absolute Gasteiger partial charge is 0.290 e. The second kappa shape index (κ2) is 7.16. The van der Waals surface area contributed by atoms with Gasteiger partial charge in [0.1, 0.15) is 0 Å². The number of amides is 2. The molecule has 29 heavy (non-hydrogen) atoms. The van der Waals surface area contributed by atoms with E-state index in [0.29, 0.717) is 32.9 Å². The first-order valence-electron chi connectivity index (χ1n) is 8.90. The van der Waals surface area contributed by atoms with E-state index < -0.39 is 17.4 Å². The predicted molar refractivity (Wildman–Crippen MR) is 109 cm³/mol. The standard InChI is InChI=1S/C21H17N5O3/c1-11-7-8-17-15(9-11)16(10-12(2)22-17)20(28)25-26-21(29)18-13-5-3-4-6-14(13)19(27)24-23-18/h3-10H,1-2H3,(H,24,27)(H,25,28)(H,26,29). The lowest BCUT2D eigenvalue weighted by molar-refractivity contribution is 0.0845. The van der Waals surface area contributed by atoms with E-state index in [2.05, 4.69) is 26.0 Å². The minimum atomic E-state index is -0.642. The molecule has 0 radical (unpaired) electrons. The highest BCUT2D eigenvalue weighted by Crippen LogP contribution is 2.20. The summed E-state index contributed by atoms with van der Waals surface area (Å²) in [5.74, 6) is -1.12. The molecule has 2 amide bonds. The number of rotatable bonds is 2. The van der Waals surface area contributed by atoms with Crippen LogP contribution in [0.3, 0.4) is 0 Å². The minimum absolute atomic E-state index is 0.00658. The molecule has 0 unspecified atom stereocenters. The molecule has 0 spiro atoms. The van der Waals surface area contributed by atoms with Gasteiger partial charge < -0.3 is 0 Å². The second-order valence-electron chi connectivity index (χ2n) is 6.69. The Bertz CT molecular complexity index is 1340. The topological polar surface area (TPSA) is 117 Å². The lowest BCUT2D eigenvalue weighted by Gasteiger charge is -2.11. The average molecular weight is 387 g/mol. The van der Waals surface area contributed by atoms with Crippen LogP contribution >= 0.6 is 0 Å². The number of H-pyrrole nitrogens is 1. The molecule has 2 aromatic carbocycles. The molecular weight excluding hydrogens is 370 g/mol. The van der Waals surface area contributed by atoms with Gasteiger partial charge in [-0.1, -0.05) is 29.8 Å². The molecule has 0 fully saturated rings. The molecule has 2 aromatic heterocycles. The van der Waals surface area contributed by atoms with Crippen molar-refractivity contribution >= 4 is 33.5 Å². The van der Waals surface area contributed by atoms with Crippen LogP contribution in [0.15, 0.2) is 53.3 Å². The van der Waals surface area contributed by atoms with Gasteiger partial charge in [-0.15, -0.1) is 0 Å². The van der Waals surface area contributed by atoms with E-state index in [1.165, 1.54) is 0 Å². The molecule has 3 N–H and O–H groups in total. The zero-order chi connectivity index (χ0) is 20.5. The molecule has 8 nitrogen and oxygen atoms in total. The van der Waals surface area contributed by atoms with Gasteiger partial charge in [-0.3, -0.25) is 30.2 Å². The zero-order valence-electron chi connectivity index (χ0n) is 15.7. The Balaban J connectivity index is 1.62. The van der Waals surface area contributed by atoms with E-state index in [0.717, 1.165) is 5.56 Å². The summed E-state index contributed by atoms with van der Waals surface area (Å²) >= 11 is 0. The highest BCUT2D eigenvalue weighted by Gasteiger charge is 2.17. The lowest BCUT2D eigenvalue weighted by Crippen LogP contribution is -2.42. The van der Waals surface area contributed by atoms with Crippen molar-refractivity contribution in [2.45, 2.75) is 13.8 Å². The Kier molecular flexibility index (Phi) is 4.52. The van der Waals surface area contributed by atoms with Crippen molar-refractivity contribution in [1.82, 2.24) is 26.0 Å². The summed E-state index contributed by atoms with van der Waals surface area (Å²) < 4.78 is 0. The molecule has 0 saturated heterocycles. The van der Waals surface area contributed by atoms with Crippen LogP contribution in [0.4, 0.5) is 0 Å². The fraction of sp³-hybridized carbons (Fsp3) is 0.0952. The van der Waals surface area contributed by atoms with Crippen molar-refractivity contribution in [3.63, 3.8) is 0 Å². The highest BCUT2D eigenvalue weighted by atomic mass is 16.2. The number of hydrogen-bond acceptors (Lipinski definition) is 5. The van der Waals surface area contributed by atoms with E-state index in [1.54, 1.807) is 37.3 Å². The molecule has 8 heteroatoms. The lowest BCUT2D eigenvalue weighted by atomic mass is 10.0. The third-order valence-corrected chi connectivity index (χ3v) is 4.54. The van der Waals surface area contributed by atoms with E-state index in [1.807, 2.05) is 25.1 Å². The summed E-state index contributed by atoms with van der Waals surface area (Å²) in [6, 6.07) is 13.9. The molecule has 0 bridgehead atoms. The highest BCUT2D eigenvalue weighted by molar-refractivity contribution is 6.09. The first-order chi connectivity index (χ1) is 13.9. The number of hydrazine groups is 1. The maximum Gasteiger partial charge on any atom is 0.290 e. The van der Waals surface area contributed by atoms with Crippen molar-refractivity contribution in [2.24, 2.45) is 0 Å². The van der Waals surface area contributed by atoms with Gasteiger partial charge >= 0.3 is 0 Å². The molecule has 4 aromatic rings. The van der Waals surface area contributed by atoms with Crippen molar-refractivity contribution in [3.05, 3.63) is 81.4 Å². The van der Waals surface area contributed by atoms with Gasteiger partial charge in [-0.2, -0.15) is 5.10 Å². The molecule has 4 rings (SSSR count). The number of nitrogens with one attached hydrogen (secondary N) is 3. The van der Waals surface area contributed by atoms with Gasteiger partial charge in [-0.25, -0.2) is 5.10 Å². The quantitative estimate of drug-likeness (QED) is 0.456. The smallest absolute Gasteiger partial charge is 0.267 e. The number of aromatic nitrogens is 3. The normalized spacial score (nSPS) is 10.8. The number of carbonyl (C=O) groups excluding carboxylic acids is 2. The Hall–Kier alpha value is -4.07. The van der Waals surface area contributed by atoms with Gasteiger partial charge in [0.15, 0.2) is 5.69 Å². The molecule has 0 aliphatic carbocycles. The molecule has 0 saturated carbocycles. The average Bonchev–Trinajstić information content (AvgIpc) is 2.72. The van der Waals surface area contributed by atoms with Crippen LogP contribution in [0, 0.1) is 13.8 Å². The number of fused-ring (bicyclic) bond motifs is 2. The van der Waals surface area contributed by atoms with Gasteiger partial charge in [0.25, 0.3) is 17.4 Å². The molecule has 0 atom stereocenters. The number of aromatic amines is 1. The van der Waals surface area contributed by atoms with Crippen LogP contribution in [0.1, 0.15) is 32.1 Å². The molecule has 144 valence electrons. The van der Waals surface area contributed by atoms with Gasteiger partial charge in [0, 0.05) is 16.5 Å². The van der Waals surface area contributed by atoms with E-state index in [4.69, 9.17) is 0 Å². The van der Waals surface area contributed by atoms with E-state index in [-0.39, 0.29) is 5.69 Å². The van der Waals surface area contributed by atoms with Crippen molar-refractivity contribution in [3.8, 4) is 0 Å². The molecule has 0 aliphatic heterocycles. The van der Waals surface area contributed by atoms with Crippen LogP contribution in [0.5, 0.6) is 0 Å². The maximum atomic E-state index is 12.7. The van der Waals surface area contributed by atoms with Gasteiger partial charge in [0.05, 0.1) is 16.5 Å². The zero-order valence-corrected chi connectivity index (χ0v) is 15.7. The van der Waals surface area contributed by atoms with Crippen LogP contribution in [0.2, 0.25) is 0 Å². The maximum absolute atomic E-state index is 12.7. The SMILES string of the molecule is Cc1ccc2nc(C)cc(C(=O)NNC(=O)c3n[nH]c(=O)c4ccccc34)c2c1. The van der Waals surface area contributed by atoms with E-state index >= 15 is 0 Å². The Morgan fingerprint density at radius 3 is 2.41 bits per heavy atom. The predicted octanol–water partition coefficient (Wildman–Crippen LogP) is 2.16. The third kappa shape index (κ3) is 3.43.